The molecular weight excluding hydrogens is 464 g/mol. The molecule has 2 aromatic carbocycles. The zero-order chi connectivity index (χ0) is 22.7. The predicted molar refractivity (Wildman–Crippen MR) is 125 cm³/mol. The van der Waals surface area contributed by atoms with Crippen LogP contribution in [0.2, 0.25) is 0 Å². The van der Waals surface area contributed by atoms with Crippen molar-refractivity contribution in [1.82, 2.24) is 9.66 Å². The molecule has 1 N–H and O–H groups in total. The fourth-order valence-corrected chi connectivity index (χ4v) is 3.27. The first-order valence-corrected chi connectivity index (χ1v) is 10.5. The summed E-state index contributed by atoms with van der Waals surface area (Å²) >= 11 is 3.38. The molecule has 0 radical (unpaired) electrons. The lowest BCUT2D eigenvalue weighted by molar-refractivity contribution is -0.144. The lowest BCUT2D eigenvalue weighted by Gasteiger charge is -2.17. The average Bonchev–Trinajstić information content (AvgIpc) is 2.73. The molecule has 1 atom stereocenters. The molecule has 0 amide bonds. The van der Waals surface area contributed by atoms with Crippen molar-refractivity contribution >= 4 is 44.7 Å². The molecular formula is C22H23BrN4O4. The lowest BCUT2D eigenvalue weighted by Crippen LogP contribution is -2.24. The molecule has 31 heavy (non-hydrogen) atoms. The molecule has 8 nitrogen and oxygen atoms in total. The maximum absolute atomic E-state index is 13.0. The first kappa shape index (κ1) is 22.5. The molecule has 0 saturated heterocycles. The van der Waals surface area contributed by atoms with E-state index in [1.165, 1.54) is 17.8 Å². The summed E-state index contributed by atoms with van der Waals surface area (Å²) < 4.78 is 7.67. The van der Waals surface area contributed by atoms with Gasteiger partial charge in [-0.15, -0.1) is 0 Å². The number of carbonyl (C=O) groups is 1. The van der Waals surface area contributed by atoms with Gasteiger partial charge < -0.3 is 14.7 Å². The van der Waals surface area contributed by atoms with Crippen LogP contribution in [0.25, 0.3) is 10.9 Å². The van der Waals surface area contributed by atoms with Gasteiger partial charge in [-0.05, 0) is 37.3 Å². The number of nitrogens with zero attached hydrogens (tertiary/aromatic N) is 4. The van der Waals surface area contributed by atoms with Crippen LogP contribution in [-0.2, 0) is 11.2 Å². The fraction of sp³-hybridized carbons (Fsp3) is 0.273. The third-order valence-electron chi connectivity index (χ3n) is 4.67. The summed E-state index contributed by atoms with van der Waals surface area (Å²) in [4.78, 5) is 30.7. The number of halogens is 1. The molecule has 0 unspecified atom stereocenters. The molecule has 0 saturated carbocycles. The molecule has 0 aliphatic rings. The molecule has 3 aromatic rings. The standard InChI is InChI=1S/C22H23BrN4O4/c1-5-20-25-18-9-7-15(23)10-17(18)21(28)27(20)24-12-14-6-8-16(26(3)4)11-19(14)31-13(2)22(29)30/h6-13H,5H2,1-4H3,(H,29,30)/t13-/m0/s1. The minimum Gasteiger partial charge on any atom is -0.479 e. The molecule has 0 aliphatic carbocycles. The van der Waals surface area contributed by atoms with Gasteiger partial charge in [-0.25, -0.2) is 9.78 Å². The van der Waals surface area contributed by atoms with E-state index in [4.69, 9.17) is 4.74 Å². The molecule has 0 fully saturated rings. The van der Waals surface area contributed by atoms with Gasteiger partial charge in [0.25, 0.3) is 5.56 Å². The second-order valence-electron chi connectivity index (χ2n) is 7.12. The first-order chi connectivity index (χ1) is 14.7. The molecule has 0 bridgehead atoms. The Balaban J connectivity index is 2.10. The van der Waals surface area contributed by atoms with Gasteiger partial charge >= 0.3 is 5.97 Å². The maximum Gasteiger partial charge on any atom is 0.344 e. The number of rotatable bonds is 7. The number of aliphatic carboxylic acids is 1. The summed E-state index contributed by atoms with van der Waals surface area (Å²) in [6.45, 7) is 3.35. The largest absolute Gasteiger partial charge is 0.479 e. The van der Waals surface area contributed by atoms with Crippen molar-refractivity contribution in [2.75, 3.05) is 19.0 Å². The Morgan fingerprint density at radius 2 is 2.06 bits per heavy atom. The Bertz CT molecular complexity index is 1220. The maximum atomic E-state index is 13.0. The van der Waals surface area contributed by atoms with Gasteiger partial charge in [0.2, 0.25) is 0 Å². The number of benzene rings is 2. The van der Waals surface area contributed by atoms with Crippen LogP contribution in [0.5, 0.6) is 5.75 Å². The zero-order valence-corrected chi connectivity index (χ0v) is 19.3. The molecule has 1 heterocycles. The molecule has 9 heteroatoms. The molecule has 0 spiro atoms. The van der Waals surface area contributed by atoms with Crippen LogP contribution in [-0.4, -0.2) is 47.1 Å². The Morgan fingerprint density at radius 3 is 2.71 bits per heavy atom. The first-order valence-electron chi connectivity index (χ1n) is 9.67. The van der Waals surface area contributed by atoms with Crippen molar-refractivity contribution in [1.29, 1.82) is 0 Å². The third kappa shape index (κ3) is 4.93. The van der Waals surface area contributed by atoms with E-state index < -0.39 is 12.1 Å². The Morgan fingerprint density at radius 1 is 1.32 bits per heavy atom. The van der Waals surface area contributed by atoms with E-state index in [2.05, 4.69) is 26.0 Å². The highest BCUT2D eigenvalue weighted by Crippen LogP contribution is 2.25. The SMILES string of the molecule is CCc1nc2ccc(Br)cc2c(=O)n1N=Cc1ccc(N(C)C)cc1O[C@@H](C)C(=O)O. The van der Waals surface area contributed by atoms with Crippen LogP contribution in [0.4, 0.5) is 5.69 Å². The van der Waals surface area contributed by atoms with Gasteiger partial charge in [-0.2, -0.15) is 9.78 Å². The van der Waals surface area contributed by atoms with Crippen molar-refractivity contribution < 1.29 is 14.6 Å². The van der Waals surface area contributed by atoms with Crippen molar-refractivity contribution in [3.63, 3.8) is 0 Å². The summed E-state index contributed by atoms with van der Waals surface area (Å²) in [7, 11) is 3.75. The average molecular weight is 487 g/mol. The summed E-state index contributed by atoms with van der Waals surface area (Å²) in [6, 6.07) is 10.7. The second kappa shape index (κ2) is 9.30. The minimum absolute atomic E-state index is 0.286. The van der Waals surface area contributed by atoms with Crippen LogP contribution in [0, 0.1) is 0 Å². The third-order valence-corrected chi connectivity index (χ3v) is 5.16. The molecule has 3 rings (SSSR count). The van der Waals surface area contributed by atoms with E-state index in [0.29, 0.717) is 34.5 Å². The Labute approximate surface area is 187 Å². The van der Waals surface area contributed by atoms with Gasteiger partial charge in [-0.3, -0.25) is 4.79 Å². The molecule has 162 valence electrons. The van der Waals surface area contributed by atoms with Gasteiger partial charge in [0.15, 0.2) is 6.10 Å². The highest BCUT2D eigenvalue weighted by atomic mass is 79.9. The van der Waals surface area contributed by atoms with Crippen LogP contribution < -0.4 is 15.2 Å². The quantitative estimate of drug-likeness (QED) is 0.513. The van der Waals surface area contributed by atoms with Gasteiger partial charge in [0, 0.05) is 42.3 Å². The topological polar surface area (TPSA) is 97.0 Å². The Hall–Kier alpha value is -3.20. The van der Waals surface area contributed by atoms with Gasteiger partial charge in [0.05, 0.1) is 17.1 Å². The smallest absolute Gasteiger partial charge is 0.344 e. The highest BCUT2D eigenvalue weighted by molar-refractivity contribution is 9.10. The van der Waals surface area contributed by atoms with E-state index in [1.807, 2.05) is 38.1 Å². The number of carboxylic acid groups (broad SMARTS) is 1. The van der Waals surface area contributed by atoms with Crippen LogP contribution in [0.3, 0.4) is 0 Å². The summed E-state index contributed by atoms with van der Waals surface area (Å²) in [5.41, 5.74) is 1.70. The van der Waals surface area contributed by atoms with E-state index in [1.54, 1.807) is 24.3 Å². The lowest BCUT2D eigenvalue weighted by atomic mass is 10.2. The van der Waals surface area contributed by atoms with Crippen LogP contribution in [0.1, 0.15) is 25.2 Å². The monoisotopic (exact) mass is 486 g/mol. The number of carboxylic acids is 1. The van der Waals surface area contributed by atoms with Gasteiger partial charge in [-0.1, -0.05) is 22.9 Å². The molecule has 0 aliphatic heterocycles. The number of fused-ring (bicyclic) bond motifs is 1. The van der Waals surface area contributed by atoms with Crippen molar-refractivity contribution in [2.45, 2.75) is 26.4 Å². The number of ether oxygens (including phenoxy) is 1. The highest BCUT2D eigenvalue weighted by Gasteiger charge is 2.16. The van der Waals surface area contributed by atoms with Crippen LogP contribution in [0.15, 0.2) is 50.8 Å². The summed E-state index contributed by atoms with van der Waals surface area (Å²) in [5, 5.41) is 14.0. The van der Waals surface area contributed by atoms with E-state index in [0.717, 1.165) is 10.2 Å². The zero-order valence-electron chi connectivity index (χ0n) is 17.7. The van der Waals surface area contributed by atoms with Gasteiger partial charge in [0.1, 0.15) is 11.6 Å². The van der Waals surface area contributed by atoms with E-state index >= 15 is 0 Å². The second-order valence-corrected chi connectivity index (χ2v) is 8.04. The number of aryl methyl sites for hydroxylation is 1. The summed E-state index contributed by atoms with van der Waals surface area (Å²) in [6.07, 6.45) is 0.950. The van der Waals surface area contributed by atoms with E-state index in [-0.39, 0.29) is 5.56 Å². The van der Waals surface area contributed by atoms with E-state index in [9.17, 15) is 14.7 Å². The number of aromatic nitrogens is 2. The van der Waals surface area contributed by atoms with Crippen molar-refractivity contribution in [2.24, 2.45) is 5.10 Å². The number of hydrogen-bond donors (Lipinski definition) is 1. The summed E-state index contributed by atoms with van der Waals surface area (Å²) in [5.74, 6) is -0.207. The minimum atomic E-state index is -1.08. The Kier molecular flexibility index (Phi) is 6.74. The normalized spacial score (nSPS) is 12.3. The fourth-order valence-electron chi connectivity index (χ4n) is 2.91. The van der Waals surface area contributed by atoms with Crippen molar-refractivity contribution in [3.05, 3.63) is 62.6 Å². The number of hydrogen-bond acceptors (Lipinski definition) is 6. The van der Waals surface area contributed by atoms with Crippen LogP contribution >= 0.6 is 15.9 Å². The predicted octanol–water partition coefficient (Wildman–Crippen LogP) is 3.52. The number of anilines is 1. The van der Waals surface area contributed by atoms with Crippen molar-refractivity contribution in [3.8, 4) is 5.75 Å². The molecule has 1 aromatic heterocycles.